The lowest BCUT2D eigenvalue weighted by Gasteiger charge is -2.45. The van der Waals surface area contributed by atoms with Crippen LogP contribution in [0.2, 0.25) is 0 Å². The molecule has 0 radical (unpaired) electrons. The number of carbonyl (C=O) groups is 2. The quantitative estimate of drug-likeness (QED) is 0.549. The van der Waals surface area contributed by atoms with Gasteiger partial charge in [-0.05, 0) is 43.1 Å². The standard InChI is InChI=1S/C25H24BrNO3S/c26-18-8-9-19-20(15-18)23-24(22(29)21(19)28)31-16-25(30-23)10-13-27(14-11-25)12-4-7-17-5-2-1-3-6-17/h1-3,5-6,8-9,15H,4,7,10-14,16H2. The number of ether oxygens (including phenoxy) is 1. The normalized spacial score (nSPS) is 20.4. The lowest BCUT2D eigenvalue weighted by Crippen LogP contribution is -2.49. The first kappa shape index (κ1) is 21.0. The SMILES string of the molecule is O=C1C(=O)c2ccc(Br)cc2C2=C1SCC1(CCN(CCCc3ccccc3)CC1)O2. The first-order chi connectivity index (χ1) is 15.0. The van der Waals surface area contributed by atoms with Gasteiger partial charge in [-0.3, -0.25) is 9.59 Å². The van der Waals surface area contributed by atoms with Gasteiger partial charge >= 0.3 is 0 Å². The van der Waals surface area contributed by atoms with Gasteiger partial charge in [0.1, 0.15) is 16.3 Å². The van der Waals surface area contributed by atoms with Crippen LogP contribution in [0.4, 0.5) is 0 Å². The third-order valence-electron chi connectivity index (χ3n) is 6.44. The van der Waals surface area contributed by atoms with E-state index in [1.807, 2.05) is 6.07 Å². The number of ketones is 2. The summed E-state index contributed by atoms with van der Waals surface area (Å²) >= 11 is 4.99. The van der Waals surface area contributed by atoms with E-state index in [-0.39, 0.29) is 5.60 Å². The zero-order valence-corrected chi connectivity index (χ0v) is 19.6. The number of carbonyl (C=O) groups excluding carboxylic acids is 2. The number of allylic oxidation sites excluding steroid dienone is 1. The van der Waals surface area contributed by atoms with Gasteiger partial charge in [0.2, 0.25) is 11.6 Å². The van der Waals surface area contributed by atoms with Crippen molar-refractivity contribution in [3.63, 3.8) is 0 Å². The average Bonchev–Trinajstić information content (AvgIpc) is 2.80. The number of thioether (sulfide) groups is 1. The van der Waals surface area contributed by atoms with Gasteiger partial charge < -0.3 is 9.64 Å². The maximum absolute atomic E-state index is 12.6. The number of aryl methyl sites for hydroxylation is 1. The second-order valence-corrected chi connectivity index (χ2v) is 10.4. The molecule has 31 heavy (non-hydrogen) atoms. The molecule has 1 spiro atoms. The highest BCUT2D eigenvalue weighted by atomic mass is 79.9. The van der Waals surface area contributed by atoms with Crippen molar-refractivity contribution in [2.45, 2.75) is 31.3 Å². The molecule has 160 valence electrons. The number of Topliss-reactive ketones (excluding diaryl/α,β-unsaturated/α-hetero) is 2. The molecule has 1 saturated heterocycles. The van der Waals surface area contributed by atoms with E-state index in [1.54, 1.807) is 12.1 Å². The number of hydrogen-bond acceptors (Lipinski definition) is 5. The van der Waals surface area contributed by atoms with Crippen molar-refractivity contribution in [2.75, 3.05) is 25.4 Å². The fourth-order valence-electron chi connectivity index (χ4n) is 4.62. The van der Waals surface area contributed by atoms with E-state index in [1.165, 1.54) is 17.3 Å². The molecule has 1 fully saturated rings. The smallest absolute Gasteiger partial charge is 0.243 e. The summed E-state index contributed by atoms with van der Waals surface area (Å²) in [6.45, 7) is 3.08. The maximum atomic E-state index is 12.6. The molecule has 0 N–H and O–H groups in total. The monoisotopic (exact) mass is 497 g/mol. The summed E-state index contributed by atoms with van der Waals surface area (Å²) in [5, 5.41) is 0. The average molecular weight is 498 g/mol. The molecule has 3 aliphatic rings. The van der Waals surface area contributed by atoms with E-state index < -0.39 is 11.6 Å². The van der Waals surface area contributed by atoms with Crippen molar-refractivity contribution in [3.8, 4) is 0 Å². The Kier molecular flexibility index (Phi) is 5.80. The zero-order valence-electron chi connectivity index (χ0n) is 17.2. The number of piperidine rings is 1. The molecule has 5 rings (SSSR count). The molecule has 2 aromatic rings. The van der Waals surface area contributed by atoms with E-state index in [0.717, 1.165) is 61.1 Å². The minimum Gasteiger partial charge on any atom is -0.484 e. The Labute approximate surface area is 195 Å². The van der Waals surface area contributed by atoms with Gasteiger partial charge in [-0.2, -0.15) is 0 Å². The topological polar surface area (TPSA) is 46.6 Å². The molecule has 0 aromatic heterocycles. The fraction of sp³-hybridized carbons (Fsp3) is 0.360. The molecule has 2 aliphatic heterocycles. The summed E-state index contributed by atoms with van der Waals surface area (Å²) in [7, 11) is 0. The Balaban J connectivity index is 1.26. The number of fused-ring (bicyclic) bond motifs is 2. The number of nitrogens with zero attached hydrogens (tertiary/aromatic N) is 1. The van der Waals surface area contributed by atoms with Crippen molar-refractivity contribution >= 4 is 45.0 Å². The van der Waals surface area contributed by atoms with Crippen LogP contribution in [0, 0.1) is 0 Å². The van der Waals surface area contributed by atoms with Crippen molar-refractivity contribution in [3.05, 3.63) is 74.6 Å². The van der Waals surface area contributed by atoms with Crippen LogP contribution >= 0.6 is 27.7 Å². The minimum absolute atomic E-state index is 0.264. The van der Waals surface area contributed by atoms with Crippen LogP contribution in [0.25, 0.3) is 5.76 Å². The van der Waals surface area contributed by atoms with Crippen molar-refractivity contribution < 1.29 is 14.3 Å². The summed E-state index contributed by atoms with van der Waals surface area (Å²) in [6.07, 6.45) is 4.13. The molecule has 4 nitrogen and oxygen atoms in total. The maximum Gasteiger partial charge on any atom is 0.243 e. The summed E-state index contributed by atoms with van der Waals surface area (Å²) < 4.78 is 7.46. The number of halogens is 1. The zero-order chi connectivity index (χ0) is 21.4. The van der Waals surface area contributed by atoms with Crippen LogP contribution < -0.4 is 0 Å². The Hall–Kier alpha value is -1.89. The number of rotatable bonds is 4. The van der Waals surface area contributed by atoms with Crippen LogP contribution in [0.15, 0.2) is 57.9 Å². The number of benzene rings is 2. The molecular formula is C25H24BrNO3S. The largest absolute Gasteiger partial charge is 0.484 e. The highest BCUT2D eigenvalue weighted by Crippen LogP contribution is 2.47. The summed E-state index contributed by atoms with van der Waals surface area (Å²) in [6, 6.07) is 16.1. The van der Waals surface area contributed by atoms with E-state index in [0.29, 0.717) is 16.2 Å². The van der Waals surface area contributed by atoms with Crippen molar-refractivity contribution in [1.82, 2.24) is 4.90 Å². The second kappa shape index (κ2) is 8.57. The Bertz CT molecular complexity index is 1060. The summed E-state index contributed by atoms with van der Waals surface area (Å²) in [5.74, 6) is 0.478. The van der Waals surface area contributed by atoms with Gasteiger partial charge in [0, 0.05) is 47.3 Å². The Morgan fingerprint density at radius 3 is 2.55 bits per heavy atom. The van der Waals surface area contributed by atoms with Gasteiger partial charge in [-0.25, -0.2) is 0 Å². The van der Waals surface area contributed by atoms with Crippen LogP contribution in [0.5, 0.6) is 0 Å². The lowest BCUT2D eigenvalue weighted by molar-refractivity contribution is -0.111. The Morgan fingerprint density at radius 1 is 1.00 bits per heavy atom. The Morgan fingerprint density at radius 2 is 1.77 bits per heavy atom. The van der Waals surface area contributed by atoms with Crippen LogP contribution in [-0.4, -0.2) is 47.5 Å². The molecule has 0 amide bonds. The second-order valence-electron chi connectivity index (χ2n) is 8.51. The van der Waals surface area contributed by atoms with E-state index in [9.17, 15) is 9.59 Å². The first-order valence-corrected chi connectivity index (χ1v) is 12.5. The molecule has 1 aliphatic carbocycles. The third kappa shape index (κ3) is 4.13. The molecule has 2 aromatic carbocycles. The van der Waals surface area contributed by atoms with E-state index in [4.69, 9.17) is 4.74 Å². The molecule has 2 heterocycles. The molecular weight excluding hydrogens is 474 g/mol. The summed E-state index contributed by atoms with van der Waals surface area (Å²) in [5.41, 5.74) is 2.32. The van der Waals surface area contributed by atoms with Crippen molar-refractivity contribution in [2.24, 2.45) is 0 Å². The van der Waals surface area contributed by atoms with Crippen molar-refractivity contribution in [1.29, 1.82) is 0 Å². The van der Waals surface area contributed by atoms with Gasteiger partial charge in [0.25, 0.3) is 0 Å². The highest BCUT2D eigenvalue weighted by Gasteiger charge is 2.45. The molecule has 0 bridgehead atoms. The van der Waals surface area contributed by atoms with Crippen LogP contribution in [0.1, 0.15) is 40.7 Å². The lowest BCUT2D eigenvalue weighted by atomic mass is 9.90. The predicted octanol–water partition coefficient (Wildman–Crippen LogP) is 5.11. The van der Waals surface area contributed by atoms with Crippen LogP contribution in [0.3, 0.4) is 0 Å². The van der Waals surface area contributed by atoms with Gasteiger partial charge in [0.15, 0.2) is 0 Å². The summed E-state index contributed by atoms with van der Waals surface area (Å²) in [4.78, 5) is 28.2. The highest BCUT2D eigenvalue weighted by molar-refractivity contribution is 9.10. The van der Waals surface area contributed by atoms with Gasteiger partial charge in [0.05, 0.1) is 0 Å². The predicted molar refractivity (Wildman–Crippen MR) is 127 cm³/mol. The molecule has 0 atom stereocenters. The molecule has 0 unspecified atom stereocenters. The minimum atomic E-state index is -0.429. The van der Waals surface area contributed by atoms with Crippen LogP contribution in [-0.2, 0) is 16.0 Å². The first-order valence-electron chi connectivity index (χ1n) is 10.8. The molecule has 0 saturated carbocycles. The third-order valence-corrected chi connectivity index (χ3v) is 8.26. The van der Waals surface area contributed by atoms with Gasteiger partial charge in [-0.15, -0.1) is 11.8 Å². The molecule has 6 heteroatoms. The number of hydrogen-bond donors (Lipinski definition) is 0. The van der Waals surface area contributed by atoms with E-state index >= 15 is 0 Å². The number of likely N-dealkylation sites (tertiary alicyclic amines) is 1. The van der Waals surface area contributed by atoms with E-state index in [2.05, 4.69) is 51.2 Å². The fourth-order valence-corrected chi connectivity index (χ4v) is 6.24. The van der Waals surface area contributed by atoms with Gasteiger partial charge in [-0.1, -0.05) is 46.3 Å².